The summed E-state index contributed by atoms with van der Waals surface area (Å²) in [7, 11) is 0. The molecule has 0 saturated heterocycles. The van der Waals surface area contributed by atoms with Crippen molar-refractivity contribution in [2.24, 2.45) is 5.10 Å². The number of anilines is 1. The van der Waals surface area contributed by atoms with Gasteiger partial charge in [0, 0.05) is 16.6 Å². The molecular weight excluding hydrogens is 466 g/mol. The molecule has 2 aromatic heterocycles. The number of aromatic nitrogens is 4. The Morgan fingerprint density at radius 1 is 1.09 bits per heavy atom. The second-order valence-electron chi connectivity index (χ2n) is 8.11. The van der Waals surface area contributed by atoms with E-state index in [1.165, 1.54) is 35.3 Å². The molecule has 0 bridgehead atoms. The Hall–Kier alpha value is -3.63. The van der Waals surface area contributed by atoms with Gasteiger partial charge in [0.2, 0.25) is 0 Å². The molecule has 0 radical (unpaired) electrons. The van der Waals surface area contributed by atoms with Gasteiger partial charge >= 0.3 is 0 Å². The van der Waals surface area contributed by atoms with Gasteiger partial charge in [-0.3, -0.25) is 5.43 Å². The molecular formula is C24H23N7OS2. The first-order chi connectivity index (χ1) is 16.6. The summed E-state index contributed by atoms with van der Waals surface area (Å²) in [5, 5.41) is 34.4. The lowest BCUT2D eigenvalue weighted by atomic mass is 9.90. The number of benzene rings is 2. The molecule has 34 heavy (non-hydrogen) atoms. The van der Waals surface area contributed by atoms with E-state index in [-0.39, 0.29) is 5.75 Å². The summed E-state index contributed by atoms with van der Waals surface area (Å²) >= 11 is 6.88. The van der Waals surface area contributed by atoms with Crippen molar-refractivity contribution in [1.82, 2.24) is 26.0 Å². The predicted octanol–water partition coefficient (Wildman–Crippen LogP) is 4.89. The number of H-pyrrole nitrogens is 1. The Kier molecular flexibility index (Phi) is 6.33. The Labute approximate surface area is 206 Å². The highest BCUT2D eigenvalue weighted by molar-refractivity contribution is 7.80. The van der Waals surface area contributed by atoms with Crippen LogP contribution in [-0.4, -0.2) is 36.6 Å². The smallest absolute Gasteiger partial charge is 0.191 e. The minimum absolute atomic E-state index is 0.250. The van der Waals surface area contributed by atoms with Crippen LogP contribution in [0.3, 0.4) is 0 Å². The standard InChI is InChI=1S/C24H23N7OS2/c1-14(26-29-24(33)25-19-10-8-16(9-11-19)23-27-30-31-28-23)20-13-34-22(21(20)32)18-7-6-15-4-2-3-5-17(15)12-18/h6-13,32H,2-5H2,1H3,(H2,25,29,33)(H,27,28,30,31)/b26-14+. The van der Waals surface area contributed by atoms with Crippen molar-refractivity contribution in [3.05, 3.63) is 64.5 Å². The van der Waals surface area contributed by atoms with Crippen molar-refractivity contribution in [1.29, 1.82) is 0 Å². The summed E-state index contributed by atoms with van der Waals surface area (Å²) in [4.78, 5) is 0.862. The maximum atomic E-state index is 10.9. The highest BCUT2D eigenvalue weighted by atomic mass is 32.1. The molecule has 8 nitrogen and oxygen atoms in total. The Bertz CT molecular complexity index is 1340. The van der Waals surface area contributed by atoms with Crippen molar-refractivity contribution >= 4 is 40.1 Å². The highest BCUT2D eigenvalue weighted by Crippen LogP contribution is 2.40. The first-order valence-electron chi connectivity index (χ1n) is 11.0. The summed E-state index contributed by atoms with van der Waals surface area (Å²) < 4.78 is 0. The van der Waals surface area contributed by atoms with Gasteiger partial charge < -0.3 is 10.4 Å². The Morgan fingerprint density at radius 3 is 2.62 bits per heavy atom. The number of hydrogen-bond donors (Lipinski definition) is 4. The number of aromatic amines is 1. The molecule has 0 unspecified atom stereocenters. The van der Waals surface area contributed by atoms with E-state index < -0.39 is 0 Å². The Balaban J connectivity index is 1.24. The molecule has 2 aromatic carbocycles. The van der Waals surface area contributed by atoms with Gasteiger partial charge in [0.1, 0.15) is 5.75 Å². The van der Waals surface area contributed by atoms with E-state index in [1.54, 1.807) is 0 Å². The van der Waals surface area contributed by atoms with Crippen molar-refractivity contribution in [3.63, 3.8) is 0 Å². The lowest BCUT2D eigenvalue weighted by molar-refractivity contribution is 0.478. The largest absolute Gasteiger partial charge is 0.506 e. The highest BCUT2D eigenvalue weighted by Gasteiger charge is 2.17. The molecule has 10 heteroatoms. The van der Waals surface area contributed by atoms with Gasteiger partial charge in [-0.2, -0.15) is 5.10 Å². The number of rotatable bonds is 5. The summed E-state index contributed by atoms with van der Waals surface area (Å²) in [5.41, 5.74) is 9.74. The molecule has 1 aliphatic carbocycles. The third-order valence-corrected chi connectivity index (χ3v) is 7.06. The van der Waals surface area contributed by atoms with Crippen molar-refractivity contribution < 1.29 is 5.11 Å². The maximum Gasteiger partial charge on any atom is 0.191 e. The third kappa shape index (κ3) is 4.68. The third-order valence-electron chi connectivity index (χ3n) is 5.85. The van der Waals surface area contributed by atoms with Crippen LogP contribution in [0.5, 0.6) is 5.75 Å². The number of thiophene rings is 1. The second-order valence-corrected chi connectivity index (χ2v) is 9.40. The number of fused-ring (bicyclic) bond motifs is 1. The summed E-state index contributed by atoms with van der Waals surface area (Å²) in [6, 6.07) is 14.0. The number of aromatic hydroxyl groups is 1. The van der Waals surface area contributed by atoms with Crippen molar-refractivity contribution in [2.75, 3.05) is 5.32 Å². The van der Waals surface area contributed by atoms with Gasteiger partial charge in [-0.1, -0.05) is 12.1 Å². The van der Waals surface area contributed by atoms with Gasteiger partial charge in [-0.25, -0.2) is 5.10 Å². The van der Waals surface area contributed by atoms with Gasteiger partial charge in [0.25, 0.3) is 0 Å². The quantitative estimate of drug-likeness (QED) is 0.179. The molecule has 4 N–H and O–H groups in total. The summed E-state index contributed by atoms with van der Waals surface area (Å²) in [5.74, 6) is 0.845. The molecule has 5 rings (SSSR count). The number of nitrogens with one attached hydrogen (secondary N) is 3. The number of thiocarbonyl (C=S) groups is 1. The van der Waals surface area contributed by atoms with Crippen molar-refractivity contribution in [3.8, 4) is 27.6 Å². The predicted molar refractivity (Wildman–Crippen MR) is 139 cm³/mol. The molecule has 0 aliphatic heterocycles. The lowest BCUT2D eigenvalue weighted by Crippen LogP contribution is -2.24. The van der Waals surface area contributed by atoms with E-state index in [0.717, 1.165) is 34.5 Å². The van der Waals surface area contributed by atoms with E-state index in [9.17, 15) is 5.11 Å². The van der Waals surface area contributed by atoms with Crippen LogP contribution in [-0.2, 0) is 12.8 Å². The minimum atomic E-state index is 0.250. The number of aryl methyl sites for hydroxylation is 2. The van der Waals surface area contributed by atoms with Crippen LogP contribution < -0.4 is 10.7 Å². The second kappa shape index (κ2) is 9.70. The summed E-state index contributed by atoms with van der Waals surface area (Å²) in [6.45, 7) is 1.84. The average Bonchev–Trinajstić information content (AvgIpc) is 3.53. The van der Waals surface area contributed by atoms with Gasteiger partial charge in [0.15, 0.2) is 10.9 Å². The van der Waals surface area contributed by atoms with Crippen molar-refractivity contribution in [2.45, 2.75) is 32.6 Å². The van der Waals surface area contributed by atoms with Gasteiger partial charge in [0.05, 0.1) is 16.2 Å². The average molecular weight is 490 g/mol. The molecule has 0 fully saturated rings. The maximum absolute atomic E-state index is 10.9. The van der Waals surface area contributed by atoms with Crippen LogP contribution in [0, 0.1) is 0 Å². The lowest BCUT2D eigenvalue weighted by Gasteiger charge is -2.16. The molecule has 1 aliphatic rings. The zero-order valence-corrected chi connectivity index (χ0v) is 20.1. The first-order valence-corrected chi connectivity index (χ1v) is 12.3. The number of hydrazone groups is 1. The van der Waals surface area contributed by atoms with E-state index in [2.05, 4.69) is 54.7 Å². The zero-order valence-electron chi connectivity index (χ0n) is 18.5. The molecule has 0 saturated carbocycles. The van der Waals surface area contributed by atoms with E-state index in [4.69, 9.17) is 12.2 Å². The zero-order chi connectivity index (χ0) is 23.5. The van der Waals surface area contributed by atoms with E-state index in [0.29, 0.717) is 22.2 Å². The Morgan fingerprint density at radius 2 is 1.85 bits per heavy atom. The monoisotopic (exact) mass is 489 g/mol. The fourth-order valence-corrected chi connectivity index (χ4v) is 5.20. The SMILES string of the molecule is C/C(=N\NC(=S)Nc1ccc(-c2nnn[nH]2)cc1)c1csc(-c2ccc3c(c2)CCCC3)c1O. The molecule has 0 amide bonds. The van der Waals surface area contributed by atoms with E-state index in [1.807, 2.05) is 36.6 Å². The number of nitrogens with zero attached hydrogens (tertiary/aromatic N) is 4. The molecule has 172 valence electrons. The first kappa shape index (κ1) is 22.2. The molecule has 2 heterocycles. The minimum Gasteiger partial charge on any atom is -0.506 e. The van der Waals surface area contributed by atoms with Gasteiger partial charge in [-0.15, -0.1) is 16.4 Å². The van der Waals surface area contributed by atoms with Crippen LogP contribution >= 0.6 is 23.6 Å². The normalized spacial score (nSPS) is 13.4. The fourth-order valence-electron chi connectivity index (χ4n) is 4.03. The molecule has 0 spiro atoms. The summed E-state index contributed by atoms with van der Waals surface area (Å²) in [6.07, 6.45) is 4.74. The molecule has 0 atom stereocenters. The topological polar surface area (TPSA) is 111 Å². The van der Waals surface area contributed by atoms with E-state index >= 15 is 0 Å². The van der Waals surface area contributed by atoms with Gasteiger partial charge in [-0.05, 0) is 102 Å². The van der Waals surface area contributed by atoms with Crippen LogP contribution in [0.1, 0.15) is 36.5 Å². The number of hydrogen-bond acceptors (Lipinski definition) is 7. The molecule has 4 aromatic rings. The van der Waals surface area contributed by atoms with Crippen LogP contribution in [0.4, 0.5) is 5.69 Å². The van der Waals surface area contributed by atoms with Crippen LogP contribution in [0.2, 0.25) is 0 Å². The van der Waals surface area contributed by atoms with Crippen LogP contribution in [0.25, 0.3) is 21.8 Å². The number of tetrazole rings is 1. The fraction of sp³-hybridized carbons (Fsp3) is 0.208. The van der Waals surface area contributed by atoms with Crippen LogP contribution in [0.15, 0.2) is 52.9 Å².